The maximum absolute atomic E-state index is 12.2. The second-order valence-electron chi connectivity index (χ2n) is 10.0. The fourth-order valence-corrected chi connectivity index (χ4v) is 3.91. The number of carbonyl (C=O) groups excluding carboxylic acids is 8. The number of hydrogen-bond acceptors (Lipinski definition) is 13. The lowest BCUT2D eigenvalue weighted by molar-refractivity contribution is -0.200. The Balaban J connectivity index is 1.55. The van der Waals surface area contributed by atoms with Crippen molar-refractivity contribution >= 4 is 47.5 Å². The average Bonchev–Trinajstić information content (AvgIpc) is 3.41. The zero-order valence-electron chi connectivity index (χ0n) is 23.6. The number of imide groups is 2. The molecule has 2 heterocycles. The quantitative estimate of drug-likeness (QED) is 0.140. The van der Waals surface area contributed by atoms with Crippen molar-refractivity contribution < 1.29 is 62.2 Å². The summed E-state index contributed by atoms with van der Waals surface area (Å²) in [5.74, 6) is -7.96. The van der Waals surface area contributed by atoms with Crippen LogP contribution in [-0.2, 0) is 62.2 Å². The van der Waals surface area contributed by atoms with Crippen LogP contribution in [0.1, 0.15) is 66.2 Å². The van der Waals surface area contributed by atoms with Crippen molar-refractivity contribution in [3.05, 3.63) is 0 Å². The summed E-state index contributed by atoms with van der Waals surface area (Å²) >= 11 is 0. The lowest BCUT2D eigenvalue weighted by Crippen LogP contribution is -2.35. The molecule has 228 valence electrons. The van der Waals surface area contributed by atoms with Gasteiger partial charge in [0, 0.05) is 25.7 Å². The SMILES string of the molecule is CC(CC(C)C(=O)ON1C(=O)CCC1=O)C(=O)OCCOCCOC(=O)C(C)C[C@@H](C)C(=O)ON1C(=O)CCC1=O. The van der Waals surface area contributed by atoms with E-state index >= 15 is 0 Å². The molecule has 0 radical (unpaired) electrons. The minimum absolute atomic E-state index is 0.0150. The van der Waals surface area contributed by atoms with Gasteiger partial charge in [0.2, 0.25) is 0 Å². The van der Waals surface area contributed by atoms with Crippen LogP contribution in [0.3, 0.4) is 0 Å². The second kappa shape index (κ2) is 15.8. The third kappa shape index (κ3) is 10.2. The highest BCUT2D eigenvalue weighted by molar-refractivity contribution is 6.02. The van der Waals surface area contributed by atoms with Crippen molar-refractivity contribution in [1.29, 1.82) is 0 Å². The van der Waals surface area contributed by atoms with Crippen molar-refractivity contribution in [1.82, 2.24) is 10.1 Å². The molecule has 0 bridgehead atoms. The van der Waals surface area contributed by atoms with Gasteiger partial charge in [-0.25, -0.2) is 9.59 Å². The Morgan fingerprint density at radius 2 is 0.829 bits per heavy atom. The van der Waals surface area contributed by atoms with Gasteiger partial charge in [-0.3, -0.25) is 28.8 Å². The van der Waals surface area contributed by atoms with Gasteiger partial charge in [-0.2, -0.15) is 0 Å². The molecule has 2 fully saturated rings. The van der Waals surface area contributed by atoms with Gasteiger partial charge in [-0.1, -0.05) is 27.7 Å². The normalized spacial score (nSPS) is 18.1. The zero-order chi connectivity index (χ0) is 30.7. The maximum Gasteiger partial charge on any atom is 0.335 e. The molecule has 0 aromatic rings. The van der Waals surface area contributed by atoms with Gasteiger partial charge in [-0.05, 0) is 12.8 Å². The first-order valence-corrected chi connectivity index (χ1v) is 13.4. The Morgan fingerprint density at radius 3 is 1.15 bits per heavy atom. The standard InChI is InChI=1S/C26H36N2O13/c1-15(13-17(3)25(35)40-27-19(29)5-6-20(27)30)23(33)38-11-9-37-10-12-39-24(34)16(2)14-18(4)26(36)41-28-21(31)7-8-22(28)32/h15-18H,5-14H2,1-4H3/t15?,16?,17-,18?/m1/s1. The maximum atomic E-state index is 12.2. The summed E-state index contributed by atoms with van der Waals surface area (Å²) in [5, 5.41) is 0.913. The molecule has 4 amide bonds. The summed E-state index contributed by atoms with van der Waals surface area (Å²) in [6.45, 7) is 6.03. The van der Waals surface area contributed by atoms with Crippen LogP contribution in [0.5, 0.6) is 0 Å². The van der Waals surface area contributed by atoms with E-state index in [4.69, 9.17) is 23.9 Å². The predicted molar refractivity (Wildman–Crippen MR) is 133 cm³/mol. The molecular formula is C26H36N2O13. The highest BCUT2D eigenvalue weighted by atomic mass is 16.7. The summed E-state index contributed by atoms with van der Waals surface area (Å²) in [6.07, 6.45) is 0.0941. The van der Waals surface area contributed by atoms with E-state index in [0.29, 0.717) is 10.1 Å². The van der Waals surface area contributed by atoms with Crippen molar-refractivity contribution in [3.63, 3.8) is 0 Å². The first-order valence-electron chi connectivity index (χ1n) is 13.4. The van der Waals surface area contributed by atoms with Gasteiger partial charge in [-0.15, -0.1) is 10.1 Å². The Kier molecular flexibility index (Phi) is 12.8. The van der Waals surface area contributed by atoms with E-state index in [1.165, 1.54) is 13.8 Å². The molecule has 0 aromatic carbocycles. The molecule has 15 heteroatoms. The van der Waals surface area contributed by atoms with Crippen LogP contribution in [0.4, 0.5) is 0 Å². The number of rotatable bonds is 16. The number of esters is 2. The molecule has 2 aliphatic rings. The van der Waals surface area contributed by atoms with Gasteiger partial charge < -0.3 is 23.9 Å². The van der Waals surface area contributed by atoms with E-state index in [0.717, 1.165) is 0 Å². The van der Waals surface area contributed by atoms with E-state index in [9.17, 15) is 38.4 Å². The first-order chi connectivity index (χ1) is 19.3. The first kappa shape index (κ1) is 33.3. The van der Waals surface area contributed by atoms with Crippen molar-refractivity contribution in [2.24, 2.45) is 23.7 Å². The molecule has 2 saturated heterocycles. The Labute approximate surface area is 236 Å². The highest BCUT2D eigenvalue weighted by Crippen LogP contribution is 2.20. The Bertz CT molecular complexity index is 930. The summed E-state index contributed by atoms with van der Waals surface area (Å²) in [4.78, 5) is 105. The van der Waals surface area contributed by atoms with Crippen LogP contribution < -0.4 is 0 Å². The molecule has 0 aromatic heterocycles. The van der Waals surface area contributed by atoms with Gasteiger partial charge in [0.05, 0.1) is 36.9 Å². The Hall–Kier alpha value is -3.88. The minimum atomic E-state index is -0.801. The monoisotopic (exact) mass is 584 g/mol. The zero-order valence-corrected chi connectivity index (χ0v) is 23.6. The van der Waals surface area contributed by atoms with Crippen LogP contribution in [0.2, 0.25) is 0 Å². The summed E-state index contributed by atoms with van der Waals surface area (Å²) in [6, 6.07) is 0. The minimum Gasteiger partial charge on any atom is -0.463 e. The van der Waals surface area contributed by atoms with Crippen LogP contribution in [0, 0.1) is 23.7 Å². The van der Waals surface area contributed by atoms with Crippen molar-refractivity contribution in [2.45, 2.75) is 66.2 Å². The average molecular weight is 585 g/mol. The molecule has 0 aliphatic carbocycles. The molecule has 0 saturated carbocycles. The van der Waals surface area contributed by atoms with Crippen molar-refractivity contribution in [2.75, 3.05) is 26.4 Å². The van der Waals surface area contributed by atoms with Crippen LogP contribution >= 0.6 is 0 Å². The molecule has 0 N–H and O–H groups in total. The fraction of sp³-hybridized carbons (Fsp3) is 0.692. The molecule has 15 nitrogen and oxygen atoms in total. The summed E-state index contributed by atoms with van der Waals surface area (Å²) in [7, 11) is 0. The van der Waals surface area contributed by atoms with E-state index < -0.39 is 71.2 Å². The van der Waals surface area contributed by atoms with Crippen LogP contribution in [0.15, 0.2) is 0 Å². The molecular weight excluding hydrogens is 548 g/mol. The molecule has 2 rings (SSSR count). The van der Waals surface area contributed by atoms with Crippen molar-refractivity contribution in [3.8, 4) is 0 Å². The van der Waals surface area contributed by atoms with Crippen LogP contribution in [0.25, 0.3) is 0 Å². The molecule has 2 aliphatic heterocycles. The van der Waals surface area contributed by atoms with Crippen LogP contribution in [-0.4, -0.2) is 84.1 Å². The molecule has 3 unspecified atom stereocenters. The highest BCUT2D eigenvalue weighted by Gasteiger charge is 2.36. The second-order valence-corrected chi connectivity index (χ2v) is 10.0. The smallest absolute Gasteiger partial charge is 0.335 e. The van der Waals surface area contributed by atoms with Gasteiger partial charge >= 0.3 is 23.9 Å². The molecule has 4 atom stereocenters. The third-order valence-electron chi connectivity index (χ3n) is 6.34. The Morgan fingerprint density at radius 1 is 0.537 bits per heavy atom. The fourth-order valence-electron chi connectivity index (χ4n) is 3.91. The van der Waals surface area contributed by atoms with E-state index in [1.54, 1.807) is 13.8 Å². The van der Waals surface area contributed by atoms with Gasteiger partial charge in [0.25, 0.3) is 23.6 Å². The lowest BCUT2D eigenvalue weighted by Gasteiger charge is -2.18. The third-order valence-corrected chi connectivity index (χ3v) is 6.34. The lowest BCUT2D eigenvalue weighted by atomic mass is 9.98. The summed E-state index contributed by atoms with van der Waals surface area (Å²) in [5.41, 5.74) is 0. The number of hydrogen-bond donors (Lipinski definition) is 0. The molecule has 41 heavy (non-hydrogen) atoms. The number of amides is 4. The largest absolute Gasteiger partial charge is 0.463 e. The van der Waals surface area contributed by atoms with E-state index in [2.05, 4.69) is 0 Å². The number of hydroxylamine groups is 4. The summed E-state index contributed by atoms with van der Waals surface area (Å²) < 4.78 is 15.5. The molecule has 0 spiro atoms. The van der Waals surface area contributed by atoms with Gasteiger partial charge in [0.15, 0.2) is 0 Å². The number of carbonyl (C=O) groups is 8. The number of nitrogens with zero attached hydrogens (tertiary/aromatic N) is 2. The topological polar surface area (TPSA) is 189 Å². The van der Waals surface area contributed by atoms with E-state index in [1.807, 2.05) is 0 Å². The van der Waals surface area contributed by atoms with E-state index in [-0.39, 0.29) is 65.0 Å². The van der Waals surface area contributed by atoms with Gasteiger partial charge in [0.1, 0.15) is 13.2 Å². The number of ether oxygens (including phenoxy) is 3. The predicted octanol–water partition coefficient (Wildman–Crippen LogP) is 0.628.